The lowest BCUT2D eigenvalue weighted by Crippen LogP contribution is -2.64. The zero-order chi connectivity index (χ0) is 29.1. The SMILES string of the molecule is C[C@H]1CC[C@@]2(OC1)O[C@H]1C[C@H]3[C@@H]4CC[C@@H]5C[C@@H](O)C[C@@H](O[C@@H]6OC[C@@H](O)[C@H](O)[C@H]6O)[C@]5(C)[C@H]4CC[C@]3(C)[C@@]1(O)[C@@H]2C. The first-order valence-corrected chi connectivity index (χ1v) is 16.4. The van der Waals surface area contributed by atoms with E-state index in [2.05, 4.69) is 27.7 Å². The Morgan fingerprint density at radius 2 is 1.61 bits per heavy atom. The third-order valence-corrected chi connectivity index (χ3v) is 14.0. The number of aliphatic hydroxyl groups excluding tert-OH is 4. The van der Waals surface area contributed by atoms with Crippen LogP contribution in [0.5, 0.6) is 0 Å². The summed E-state index contributed by atoms with van der Waals surface area (Å²) >= 11 is 0. The second-order valence-corrected chi connectivity index (χ2v) is 15.6. The van der Waals surface area contributed by atoms with Gasteiger partial charge in [-0.15, -0.1) is 0 Å². The molecule has 9 heteroatoms. The van der Waals surface area contributed by atoms with Crippen molar-refractivity contribution in [3.63, 3.8) is 0 Å². The van der Waals surface area contributed by atoms with Crippen molar-refractivity contribution in [2.45, 2.75) is 140 Å². The Kier molecular flexibility index (Phi) is 7.03. The fourth-order valence-corrected chi connectivity index (χ4v) is 11.5. The molecule has 9 nitrogen and oxygen atoms in total. The van der Waals surface area contributed by atoms with Crippen LogP contribution in [0.15, 0.2) is 0 Å². The van der Waals surface area contributed by atoms with Crippen molar-refractivity contribution in [2.75, 3.05) is 13.2 Å². The molecule has 0 radical (unpaired) electrons. The lowest BCUT2D eigenvalue weighted by atomic mass is 9.43. The maximum Gasteiger partial charge on any atom is 0.186 e. The largest absolute Gasteiger partial charge is 0.393 e. The van der Waals surface area contributed by atoms with Gasteiger partial charge in [-0.05, 0) is 80.0 Å². The predicted molar refractivity (Wildman–Crippen MR) is 147 cm³/mol. The van der Waals surface area contributed by atoms with Crippen molar-refractivity contribution in [3.8, 4) is 0 Å². The van der Waals surface area contributed by atoms with Gasteiger partial charge in [-0.3, -0.25) is 0 Å². The number of hydrogen-bond acceptors (Lipinski definition) is 9. The van der Waals surface area contributed by atoms with Crippen LogP contribution in [0.4, 0.5) is 0 Å². The number of fused-ring (bicyclic) bond motifs is 7. The molecule has 17 atom stereocenters. The van der Waals surface area contributed by atoms with Crippen LogP contribution in [0.25, 0.3) is 0 Å². The van der Waals surface area contributed by atoms with Gasteiger partial charge in [-0.2, -0.15) is 0 Å². The Labute approximate surface area is 243 Å². The van der Waals surface area contributed by atoms with Gasteiger partial charge in [0.25, 0.3) is 0 Å². The van der Waals surface area contributed by atoms with Crippen LogP contribution in [0.3, 0.4) is 0 Å². The highest BCUT2D eigenvalue weighted by atomic mass is 16.7. The van der Waals surface area contributed by atoms with E-state index in [9.17, 15) is 25.5 Å². The Morgan fingerprint density at radius 3 is 2.34 bits per heavy atom. The van der Waals surface area contributed by atoms with Gasteiger partial charge in [0.2, 0.25) is 0 Å². The molecule has 3 aliphatic heterocycles. The normalized spacial score (nSPS) is 62.1. The van der Waals surface area contributed by atoms with Gasteiger partial charge in [0, 0.05) is 24.2 Å². The lowest BCUT2D eigenvalue weighted by molar-refractivity contribution is -0.313. The summed E-state index contributed by atoms with van der Waals surface area (Å²) in [5.41, 5.74) is -1.45. The van der Waals surface area contributed by atoms with Gasteiger partial charge in [-0.25, -0.2) is 0 Å². The summed E-state index contributed by atoms with van der Waals surface area (Å²) < 4.78 is 25.4. The van der Waals surface area contributed by atoms with E-state index in [0.29, 0.717) is 36.7 Å². The van der Waals surface area contributed by atoms with Gasteiger partial charge in [0.15, 0.2) is 12.1 Å². The van der Waals surface area contributed by atoms with Crippen LogP contribution >= 0.6 is 0 Å². The van der Waals surface area contributed by atoms with E-state index in [0.717, 1.165) is 51.4 Å². The number of ether oxygens (including phenoxy) is 4. The van der Waals surface area contributed by atoms with Crippen LogP contribution in [0.1, 0.15) is 85.5 Å². The minimum absolute atomic E-state index is 0.0985. The van der Waals surface area contributed by atoms with E-state index in [1.165, 1.54) is 0 Å². The van der Waals surface area contributed by atoms with Gasteiger partial charge >= 0.3 is 0 Å². The smallest absolute Gasteiger partial charge is 0.186 e. The Morgan fingerprint density at radius 1 is 0.829 bits per heavy atom. The predicted octanol–water partition coefficient (Wildman–Crippen LogP) is 2.34. The second kappa shape index (κ2) is 9.82. The number of hydrogen-bond donors (Lipinski definition) is 5. The fourth-order valence-electron chi connectivity index (χ4n) is 11.5. The molecule has 0 amide bonds. The van der Waals surface area contributed by atoms with Crippen LogP contribution in [0, 0.1) is 46.3 Å². The molecule has 5 N–H and O–H groups in total. The lowest BCUT2D eigenvalue weighted by Gasteiger charge is -2.64. The molecule has 41 heavy (non-hydrogen) atoms. The van der Waals surface area contributed by atoms with Gasteiger partial charge in [-0.1, -0.05) is 27.7 Å². The molecule has 0 aromatic heterocycles. The highest BCUT2D eigenvalue weighted by Crippen LogP contribution is 2.73. The average molecular weight is 581 g/mol. The van der Waals surface area contributed by atoms with Crippen molar-refractivity contribution in [3.05, 3.63) is 0 Å². The van der Waals surface area contributed by atoms with Crippen molar-refractivity contribution in [2.24, 2.45) is 46.3 Å². The van der Waals surface area contributed by atoms with Crippen molar-refractivity contribution >= 4 is 0 Å². The van der Waals surface area contributed by atoms with E-state index >= 15 is 0 Å². The Balaban J connectivity index is 1.16. The molecule has 0 bridgehead atoms. The molecular formula is C32H52O9. The molecule has 0 unspecified atom stereocenters. The van der Waals surface area contributed by atoms with E-state index < -0.39 is 42.1 Å². The van der Waals surface area contributed by atoms with Crippen molar-refractivity contribution in [1.82, 2.24) is 0 Å². The third kappa shape index (κ3) is 3.92. The molecule has 1 spiro atoms. The maximum absolute atomic E-state index is 12.7. The first kappa shape index (κ1) is 29.4. The summed E-state index contributed by atoms with van der Waals surface area (Å²) in [5.74, 6) is 1.06. The first-order valence-electron chi connectivity index (χ1n) is 16.4. The van der Waals surface area contributed by atoms with E-state index in [4.69, 9.17) is 18.9 Å². The minimum Gasteiger partial charge on any atom is -0.393 e. The van der Waals surface area contributed by atoms with Gasteiger partial charge in [0.1, 0.15) is 23.9 Å². The zero-order valence-corrected chi connectivity index (χ0v) is 25.2. The van der Waals surface area contributed by atoms with E-state index in [-0.39, 0.29) is 41.5 Å². The molecule has 7 rings (SSSR count). The van der Waals surface area contributed by atoms with Crippen LogP contribution < -0.4 is 0 Å². The quantitative estimate of drug-likeness (QED) is 0.333. The minimum atomic E-state index is -1.35. The highest BCUT2D eigenvalue weighted by molar-refractivity contribution is 5.23. The molecular weight excluding hydrogens is 528 g/mol. The molecule has 0 aromatic carbocycles. The summed E-state index contributed by atoms with van der Waals surface area (Å²) in [6.07, 6.45) is 1.87. The van der Waals surface area contributed by atoms with E-state index in [1.54, 1.807) is 0 Å². The second-order valence-electron chi connectivity index (χ2n) is 15.6. The third-order valence-electron chi connectivity index (χ3n) is 14.0. The fraction of sp³-hybridized carbons (Fsp3) is 1.00. The zero-order valence-electron chi connectivity index (χ0n) is 25.2. The van der Waals surface area contributed by atoms with Crippen LogP contribution in [-0.2, 0) is 18.9 Å². The maximum atomic E-state index is 12.7. The number of aliphatic hydroxyl groups is 5. The Hall–Kier alpha value is -0.360. The molecule has 0 aromatic rings. The first-order chi connectivity index (χ1) is 19.3. The van der Waals surface area contributed by atoms with Crippen molar-refractivity contribution in [1.29, 1.82) is 0 Å². The molecule has 4 aliphatic carbocycles. The molecule has 234 valence electrons. The summed E-state index contributed by atoms with van der Waals surface area (Å²) in [5, 5.41) is 54.4. The number of rotatable bonds is 2. The van der Waals surface area contributed by atoms with Gasteiger partial charge < -0.3 is 44.5 Å². The summed E-state index contributed by atoms with van der Waals surface area (Å²) in [6, 6.07) is 0. The topological polar surface area (TPSA) is 138 Å². The van der Waals surface area contributed by atoms with E-state index in [1.807, 2.05) is 0 Å². The van der Waals surface area contributed by atoms with Gasteiger partial charge in [0.05, 0.1) is 31.5 Å². The average Bonchev–Trinajstić information content (AvgIpc) is 3.29. The summed E-state index contributed by atoms with van der Waals surface area (Å²) in [4.78, 5) is 0. The molecule has 7 aliphatic rings. The molecule has 3 saturated heterocycles. The molecule has 7 fully saturated rings. The van der Waals surface area contributed by atoms with Crippen LogP contribution in [0.2, 0.25) is 0 Å². The monoisotopic (exact) mass is 580 g/mol. The summed E-state index contributed by atoms with van der Waals surface area (Å²) in [7, 11) is 0. The Bertz CT molecular complexity index is 1000. The van der Waals surface area contributed by atoms with Crippen molar-refractivity contribution < 1.29 is 44.5 Å². The molecule has 4 saturated carbocycles. The standard InChI is InChI=1S/C32H52O9/c1-16-7-10-31(39-14-16)17(2)32(37)25(41-31)13-22-20-6-5-18-11-19(33)12-24(30(18,4)21(20)8-9-29(22,32)3)40-28-27(36)26(35)23(34)15-38-28/h16-28,33-37H,5-15H2,1-4H3/t16-,17+,18+,19+,20+,21-,22-,23+,24+,25-,26-,27+,28-,29-,30-,31+,32+/m0/s1. The van der Waals surface area contributed by atoms with Crippen LogP contribution in [-0.4, -0.2) is 93.0 Å². The summed E-state index contributed by atoms with van der Waals surface area (Å²) in [6.45, 7) is 9.56. The molecule has 3 heterocycles. The highest BCUT2D eigenvalue weighted by Gasteiger charge is 2.76.